The maximum absolute atomic E-state index is 12.6. The molecule has 1 aromatic rings. The number of amides is 1. The van der Waals surface area contributed by atoms with Crippen LogP contribution in [0.2, 0.25) is 0 Å². The van der Waals surface area contributed by atoms with Crippen LogP contribution in [0.4, 0.5) is 5.69 Å². The summed E-state index contributed by atoms with van der Waals surface area (Å²) in [5.41, 5.74) is 1.72. The number of rotatable bonds is 2. The van der Waals surface area contributed by atoms with Crippen LogP contribution in [0.5, 0.6) is 0 Å². The first-order valence-corrected chi connectivity index (χ1v) is 7.49. The second-order valence-corrected chi connectivity index (χ2v) is 6.21. The molecule has 19 heavy (non-hydrogen) atoms. The van der Waals surface area contributed by atoms with Gasteiger partial charge in [-0.2, -0.15) is 0 Å². The molecule has 2 atom stereocenters. The van der Waals surface area contributed by atoms with Gasteiger partial charge in [-0.3, -0.25) is 9.69 Å². The summed E-state index contributed by atoms with van der Waals surface area (Å²) in [6.45, 7) is 0. The summed E-state index contributed by atoms with van der Waals surface area (Å²) in [7, 11) is 0. The summed E-state index contributed by atoms with van der Waals surface area (Å²) in [6.07, 6.45) is 2.30. The van der Waals surface area contributed by atoms with Crippen LogP contribution in [0.3, 0.4) is 0 Å². The van der Waals surface area contributed by atoms with Crippen LogP contribution >= 0.6 is 11.8 Å². The van der Waals surface area contributed by atoms with E-state index in [1.165, 1.54) is 4.90 Å². The van der Waals surface area contributed by atoms with Crippen molar-refractivity contribution in [3.8, 4) is 0 Å². The largest absolute Gasteiger partial charge is 0.480 e. The summed E-state index contributed by atoms with van der Waals surface area (Å²) < 4.78 is 0. The van der Waals surface area contributed by atoms with Crippen LogP contribution in [-0.2, 0) is 16.0 Å². The molecule has 0 spiro atoms. The Balaban J connectivity index is 1.95. The summed E-state index contributed by atoms with van der Waals surface area (Å²) in [5, 5.41) is 9.27. The number of nitrogens with zero attached hydrogens (tertiary/aromatic N) is 1. The van der Waals surface area contributed by atoms with Crippen molar-refractivity contribution in [3.63, 3.8) is 0 Å². The van der Waals surface area contributed by atoms with Crippen LogP contribution in [0, 0.1) is 0 Å². The Kier molecular flexibility index (Phi) is 3.22. The molecular weight excluding hydrogens is 262 g/mol. The fourth-order valence-electron chi connectivity index (χ4n) is 2.78. The minimum atomic E-state index is -0.924. The molecule has 1 saturated heterocycles. The van der Waals surface area contributed by atoms with Crippen LogP contribution in [0.15, 0.2) is 24.3 Å². The van der Waals surface area contributed by atoms with E-state index in [1.807, 2.05) is 24.3 Å². The fourth-order valence-corrected chi connectivity index (χ4v) is 3.99. The first kappa shape index (κ1) is 12.5. The van der Waals surface area contributed by atoms with E-state index in [2.05, 4.69) is 0 Å². The van der Waals surface area contributed by atoms with Crippen molar-refractivity contribution < 1.29 is 14.7 Å². The fraction of sp³-hybridized carbons (Fsp3) is 0.429. The molecule has 1 amide bonds. The molecule has 1 N–H and O–H groups in total. The molecule has 0 aliphatic carbocycles. The number of carboxylic acid groups (broad SMARTS) is 1. The molecule has 4 nitrogen and oxygen atoms in total. The molecule has 0 saturated carbocycles. The lowest BCUT2D eigenvalue weighted by Gasteiger charge is -2.25. The maximum Gasteiger partial charge on any atom is 0.327 e. The van der Waals surface area contributed by atoms with Crippen molar-refractivity contribution in [1.82, 2.24) is 0 Å². The van der Waals surface area contributed by atoms with Gasteiger partial charge in [0.2, 0.25) is 5.91 Å². The SMILES string of the molecule is O=C(O)[C@@H]1Cc2ccccc2N1C(=O)C1CCCS1. The second kappa shape index (κ2) is 4.89. The maximum atomic E-state index is 12.6. The summed E-state index contributed by atoms with van der Waals surface area (Å²) in [4.78, 5) is 25.5. The Labute approximate surface area is 115 Å². The highest BCUT2D eigenvalue weighted by Crippen LogP contribution is 2.36. The normalized spacial score (nSPS) is 25.4. The third-order valence-corrected chi connectivity index (χ3v) is 5.07. The van der Waals surface area contributed by atoms with Gasteiger partial charge in [0.15, 0.2) is 0 Å². The highest BCUT2D eigenvalue weighted by molar-refractivity contribution is 8.00. The number of anilines is 1. The highest BCUT2D eigenvalue weighted by atomic mass is 32.2. The van der Waals surface area contributed by atoms with Gasteiger partial charge in [0, 0.05) is 12.1 Å². The van der Waals surface area contributed by atoms with Crippen molar-refractivity contribution in [2.75, 3.05) is 10.7 Å². The predicted octanol–water partition coefficient (Wildman–Crippen LogP) is 1.92. The summed E-state index contributed by atoms with van der Waals surface area (Å²) >= 11 is 1.64. The number of aliphatic carboxylic acids is 1. The molecule has 1 unspecified atom stereocenters. The van der Waals surface area contributed by atoms with Gasteiger partial charge in [0.1, 0.15) is 6.04 Å². The molecule has 0 bridgehead atoms. The van der Waals surface area contributed by atoms with Crippen LogP contribution in [0.25, 0.3) is 0 Å². The number of fused-ring (bicyclic) bond motifs is 1. The van der Waals surface area contributed by atoms with Crippen molar-refractivity contribution in [3.05, 3.63) is 29.8 Å². The van der Waals surface area contributed by atoms with Gasteiger partial charge in [-0.05, 0) is 30.2 Å². The third-order valence-electron chi connectivity index (χ3n) is 3.70. The van der Waals surface area contributed by atoms with Crippen molar-refractivity contribution in [1.29, 1.82) is 0 Å². The van der Waals surface area contributed by atoms with E-state index in [0.717, 1.165) is 29.8 Å². The molecule has 100 valence electrons. The molecule has 1 aromatic carbocycles. The molecule has 1 fully saturated rings. The zero-order chi connectivity index (χ0) is 13.4. The van der Waals surface area contributed by atoms with Crippen molar-refractivity contribution in [2.24, 2.45) is 0 Å². The van der Waals surface area contributed by atoms with E-state index in [1.54, 1.807) is 11.8 Å². The van der Waals surface area contributed by atoms with Gasteiger partial charge in [-0.25, -0.2) is 4.79 Å². The van der Waals surface area contributed by atoms with E-state index in [0.29, 0.717) is 6.42 Å². The van der Waals surface area contributed by atoms with E-state index < -0.39 is 12.0 Å². The van der Waals surface area contributed by atoms with Gasteiger partial charge in [-0.15, -0.1) is 11.8 Å². The quantitative estimate of drug-likeness (QED) is 0.897. The van der Waals surface area contributed by atoms with Gasteiger partial charge >= 0.3 is 5.97 Å². The second-order valence-electron chi connectivity index (χ2n) is 4.90. The van der Waals surface area contributed by atoms with E-state index in [-0.39, 0.29) is 11.2 Å². The Morgan fingerprint density at radius 3 is 2.79 bits per heavy atom. The predicted molar refractivity (Wildman–Crippen MR) is 74.5 cm³/mol. The van der Waals surface area contributed by atoms with Crippen molar-refractivity contribution in [2.45, 2.75) is 30.6 Å². The summed E-state index contributed by atoms with van der Waals surface area (Å²) in [5.74, 6) is 0.0243. The average Bonchev–Trinajstić information content (AvgIpc) is 3.05. The average molecular weight is 277 g/mol. The first-order valence-electron chi connectivity index (χ1n) is 6.44. The number of para-hydroxylation sites is 1. The van der Waals surface area contributed by atoms with Gasteiger partial charge in [0.25, 0.3) is 0 Å². The Bertz CT molecular complexity index is 525. The minimum absolute atomic E-state index is 0.0418. The Morgan fingerprint density at radius 1 is 1.32 bits per heavy atom. The number of hydrogen-bond acceptors (Lipinski definition) is 3. The molecule has 2 heterocycles. The van der Waals surface area contributed by atoms with Gasteiger partial charge in [0.05, 0.1) is 5.25 Å². The zero-order valence-corrected chi connectivity index (χ0v) is 11.2. The Morgan fingerprint density at radius 2 is 2.11 bits per heavy atom. The van der Waals surface area contributed by atoms with Crippen LogP contribution < -0.4 is 4.90 Å². The number of carboxylic acids is 1. The Hall–Kier alpha value is -1.49. The van der Waals surface area contributed by atoms with Crippen LogP contribution in [-0.4, -0.2) is 34.0 Å². The molecule has 2 aliphatic rings. The van der Waals surface area contributed by atoms with Gasteiger partial charge < -0.3 is 5.11 Å². The number of carbonyl (C=O) groups is 2. The smallest absolute Gasteiger partial charge is 0.327 e. The van der Waals surface area contributed by atoms with E-state index >= 15 is 0 Å². The van der Waals surface area contributed by atoms with E-state index in [4.69, 9.17) is 0 Å². The summed E-state index contributed by atoms with van der Waals surface area (Å²) in [6, 6.07) is 6.74. The standard InChI is InChI=1S/C14H15NO3S/c16-13(12-6-3-7-19-12)15-10-5-2-1-4-9(10)8-11(15)14(17)18/h1-2,4-5,11-12H,3,6-8H2,(H,17,18)/t11-,12?/m0/s1. The van der Waals surface area contributed by atoms with Crippen LogP contribution in [0.1, 0.15) is 18.4 Å². The molecule has 0 aromatic heterocycles. The topological polar surface area (TPSA) is 57.6 Å². The van der Waals surface area contributed by atoms with Gasteiger partial charge in [-0.1, -0.05) is 18.2 Å². The lowest BCUT2D eigenvalue weighted by molar-refractivity contribution is -0.139. The number of benzene rings is 1. The lowest BCUT2D eigenvalue weighted by Crippen LogP contribution is -2.46. The zero-order valence-electron chi connectivity index (χ0n) is 10.4. The minimum Gasteiger partial charge on any atom is -0.480 e. The monoisotopic (exact) mass is 277 g/mol. The number of hydrogen-bond donors (Lipinski definition) is 1. The molecule has 0 radical (unpaired) electrons. The molecular formula is C14H15NO3S. The van der Waals surface area contributed by atoms with E-state index in [9.17, 15) is 14.7 Å². The molecule has 2 aliphatic heterocycles. The lowest BCUT2D eigenvalue weighted by atomic mass is 10.1. The molecule has 5 heteroatoms. The third kappa shape index (κ3) is 2.12. The molecule has 3 rings (SSSR count). The number of thioether (sulfide) groups is 1. The van der Waals surface area contributed by atoms with Crippen molar-refractivity contribution >= 4 is 29.3 Å². The first-order chi connectivity index (χ1) is 9.18. The number of carbonyl (C=O) groups excluding carboxylic acids is 1. The highest BCUT2D eigenvalue weighted by Gasteiger charge is 2.41.